The summed E-state index contributed by atoms with van der Waals surface area (Å²) >= 11 is 0. The monoisotopic (exact) mass is 242 g/mol. The van der Waals surface area contributed by atoms with Gasteiger partial charge < -0.3 is 9.84 Å². The Morgan fingerprint density at radius 2 is 2.12 bits per heavy atom. The number of rotatable bonds is 7. The van der Waals surface area contributed by atoms with E-state index in [9.17, 15) is 9.90 Å². The van der Waals surface area contributed by atoms with E-state index in [0.717, 1.165) is 12.8 Å². The maximum Gasteiger partial charge on any atom is 0.311 e. The lowest BCUT2D eigenvalue weighted by molar-refractivity contribution is -0.159. The van der Waals surface area contributed by atoms with Crippen LogP contribution in [0.2, 0.25) is 0 Å². The van der Waals surface area contributed by atoms with Crippen LogP contribution in [-0.2, 0) is 9.53 Å². The van der Waals surface area contributed by atoms with E-state index < -0.39 is 5.60 Å². The molecule has 1 saturated carbocycles. The molecule has 17 heavy (non-hydrogen) atoms. The minimum atomic E-state index is -0.909. The van der Waals surface area contributed by atoms with Crippen molar-refractivity contribution >= 4 is 5.97 Å². The van der Waals surface area contributed by atoms with Crippen molar-refractivity contribution in [1.29, 1.82) is 0 Å². The third-order valence-corrected chi connectivity index (χ3v) is 3.83. The number of hydrogen-bond acceptors (Lipinski definition) is 3. The van der Waals surface area contributed by atoms with Crippen LogP contribution in [0.1, 0.15) is 59.3 Å². The second-order valence-electron chi connectivity index (χ2n) is 5.45. The Kier molecular flexibility index (Phi) is 5.44. The van der Waals surface area contributed by atoms with Crippen LogP contribution in [0.15, 0.2) is 0 Å². The van der Waals surface area contributed by atoms with Crippen LogP contribution in [0, 0.1) is 11.8 Å². The Labute approximate surface area is 105 Å². The first-order chi connectivity index (χ1) is 8.01. The maximum absolute atomic E-state index is 11.9. The highest BCUT2D eigenvalue weighted by atomic mass is 16.5. The summed E-state index contributed by atoms with van der Waals surface area (Å²) in [4.78, 5) is 11.9. The Morgan fingerprint density at radius 1 is 1.47 bits per heavy atom. The lowest BCUT2D eigenvalue weighted by atomic mass is 9.72. The van der Waals surface area contributed by atoms with Gasteiger partial charge in [-0.2, -0.15) is 0 Å². The minimum absolute atomic E-state index is 0.237. The largest absolute Gasteiger partial charge is 0.466 e. The van der Waals surface area contributed by atoms with Crippen molar-refractivity contribution in [2.75, 3.05) is 6.61 Å². The summed E-state index contributed by atoms with van der Waals surface area (Å²) in [7, 11) is 0. The third-order valence-electron chi connectivity index (χ3n) is 3.83. The average molecular weight is 242 g/mol. The number of carbonyl (C=O) groups is 1. The molecule has 2 unspecified atom stereocenters. The zero-order valence-corrected chi connectivity index (χ0v) is 11.4. The summed E-state index contributed by atoms with van der Waals surface area (Å²) in [6.07, 6.45) is 5.98. The van der Waals surface area contributed by atoms with Gasteiger partial charge in [0, 0.05) is 0 Å². The zero-order valence-electron chi connectivity index (χ0n) is 11.4. The molecule has 0 heterocycles. The molecule has 0 aromatic rings. The first-order valence-corrected chi connectivity index (χ1v) is 6.90. The highest BCUT2D eigenvalue weighted by Gasteiger charge is 2.40. The van der Waals surface area contributed by atoms with E-state index in [1.807, 2.05) is 13.8 Å². The van der Waals surface area contributed by atoms with E-state index in [1.165, 1.54) is 19.3 Å². The predicted molar refractivity (Wildman–Crippen MR) is 67.6 cm³/mol. The van der Waals surface area contributed by atoms with Gasteiger partial charge in [0.25, 0.3) is 0 Å². The zero-order chi connectivity index (χ0) is 12.9. The first-order valence-electron chi connectivity index (χ1n) is 6.90. The summed E-state index contributed by atoms with van der Waals surface area (Å²) in [5, 5.41) is 10.5. The molecule has 3 nitrogen and oxygen atoms in total. The summed E-state index contributed by atoms with van der Waals surface area (Å²) in [5.41, 5.74) is -0.909. The van der Waals surface area contributed by atoms with E-state index in [2.05, 4.69) is 0 Å². The van der Waals surface area contributed by atoms with Gasteiger partial charge in [-0.3, -0.25) is 4.79 Å². The van der Waals surface area contributed by atoms with Crippen molar-refractivity contribution in [3.63, 3.8) is 0 Å². The van der Waals surface area contributed by atoms with Gasteiger partial charge in [0.15, 0.2) is 0 Å². The molecule has 1 fully saturated rings. The lowest BCUT2D eigenvalue weighted by Crippen LogP contribution is -2.43. The van der Waals surface area contributed by atoms with Crippen LogP contribution in [0.5, 0.6) is 0 Å². The van der Waals surface area contributed by atoms with Gasteiger partial charge in [0.2, 0.25) is 0 Å². The van der Waals surface area contributed by atoms with Gasteiger partial charge in [-0.15, -0.1) is 0 Å². The molecule has 0 aliphatic heterocycles. The predicted octanol–water partition coefficient (Wildman–Crippen LogP) is 2.91. The van der Waals surface area contributed by atoms with Crippen LogP contribution >= 0.6 is 0 Å². The average Bonchev–Trinajstić information content (AvgIpc) is 2.20. The molecule has 3 heteroatoms. The fraction of sp³-hybridized carbons (Fsp3) is 0.929. The normalized spacial score (nSPS) is 21.4. The molecular formula is C14H26O3. The van der Waals surface area contributed by atoms with Gasteiger partial charge in [-0.25, -0.2) is 0 Å². The van der Waals surface area contributed by atoms with Gasteiger partial charge in [0.05, 0.1) is 18.1 Å². The van der Waals surface area contributed by atoms with E-state index >= 15 is 0 Å². The number of ether oxygens (including phenoxy) is 1. The Morgan fingerprint density at radius 3 is 2.53 bits per heavy atom. The van der Waals surface area contributed by atoms with Gasteiger partial charge in [-0.1, -0.05) is 32.6 Å². The Hall–Kier alpha value is -0.570. The second-order valence-corrected chi connectivity index (χ2v) is 5.45. The first kappa shape index (κ1) is 14.5. The summed E-state index contributed by atoms with van der Waals surface area (Å²) in [5.74, 6) is -0.00879. The van der Waals surface area contributed by atoms with Crippen molar-refractivity contribution in [2.45, 2.75) is 64.9 Å². The molecule has 1 N–H and O–H groups in total. The molecule has 0 bridgehead atoms. The topological polar surface area (TPSA) is 46.5 Å². The van der Waals surface area contributed by atoms with Crippen molar-refractivity contribution in [2.24, 2.45) is 11.8 Å². The molecule has 100 valence electrons. The number of carbonyl (C=O) groups excluding carboxylic acids is 1. The van der Waals surface area contributed by atoms with Crippen molar-refractivity contribution in [3.8, 4) is 0 Å². The van der Waals surface area contributed by atoms with E-state index in [-0.39, 0.29) is 11.9 Å². The molecule has 1 rings (SSSR count). The van der Waals surface area contributed by atoms with Crippen LogP contribution in [-0.4, -0.2) is 23.3 Å². The molecule has 0 amide bonds. The maximum atomic E-state index is 11.9. The van der Waals surface area contributed by atoms with Gasteiger partial charge in [0.1, 0.15) is 0 Å². The number of esters is 1. The molecule has 1 aliphatic rings. The summed E-state index contributed by atoms with van der Waals surface area (Å²) in [6.45, 7) is 6.02. The molecule has 0 radical (unpaired) electrons. The van der Waals surface area contributed by atoms with Crippen molar-refractivity contribution in [1.82, 2.24) is 0 Å². The van der Waals surface area contributed by atoms with Crippen LogP contribution in [0.4, 0.5) is 0 Å². The second kappa shape index (κ2) is 6.39. The SMILES string of the molecule is CCCC(C(=O)OCC)C(C)(O)CC1CCC1. The highest BCUT2D eigenvalue weighted by molar-refractivity contribution is 5.73. The van der Waals surface area contributed by atoms with Crippen LogP contribution in [0.3, 0.4) is 0 Å². The van der Waals surface area contributed by atoms with Crippen LogP contribution < -0.4 is 0 Å². The molecule has 0 spiro atoms. The standard InChI is InChI=1S/C14H26O3/c1-4-7-12(13(15)17-5-2)14(3,16)10-11-8-6-9-11/h11-12,16H,4-10H2,1-3H3. The molecule has 0 aromatic heterocycles. The highest BCUT2D eigenvalue weighted by Crippen LogP contribution is 2.38. The quantitative estimate of drug-likeness (QED) is 0.698. The fourth-order valence-corrected chi connectivity index (χ4v) is 2.64. The third kappa shape index (κ3) is 3.98. The molecule has 1 aliphatic carbocycles. The molecule has 2 atom stereocenters. The summed E-state index contributed by atoms with van der Waals surface area (Å²) < 4.78 is 5.08. The van der Waals surface area contributed by atoms with E-state index in [0.29, 0.717) is 18.9 Å². The van der Waals surface area contributed by atoms with Crippen LogP contribution in [0.25, 0.3) is 0 Å². The molecular weight excluding hydrogens is 216 g/mol. The lowest BCUT2D eigenvalue weighted by Gasteiger charge is -2.37. The van der Waals surface area contributed by atoms with Gasteiger partial charge >= 0.3 is 5.97 Å². The van der Waals surface area contributed by atoms with E-state index in [4.69, 9.17) is 4.74 Å². The Bertz CT molecular complexity index is 244. The number of hydrogen-bond donors (Lipinski definition) is 1. The molecule has 0 saturated heterocycles. The minimum Gasteiger partial charge on any atom is -0.466 e. The smallest absolute Gasteiger partial charge is 0.311 e. The van der Waals surface area contributed by atoms with Gasteiger partial charge in [-0.05, 0) is 32.6 Å². The molecule has 0 aromatic carbocycles. The summed E-state index contributed by atoms with van der Waals surface area (Å²) in [6, 6.07) is 0. The van der Waals surface area contributed by atoms with Crippen molar-refractivity contribution < 1.29 is 14.6 Å². The van der Waals surface area contributed by atoms with E-state index in [1.54, 1.807) is 6.92 Å². The van der Waals surface area contributed by atoms with Crippen molar-refractivity contribution in [3.05, 3.63) is 0 Å². The fourth-order valence-electron chi connectivity index (χ4n) is 2.64. The Balaban J connectivity index is 2.61. The number of aliphatic hydroxyl groups is 1.